The van der Waals surface area contributed by atoms with Gasteiger partial charge in [0.15, 0.2) is 5.11 Å². The molecular weight excluding hydrogens is 186 g/mol. The second-order valence-corrected chi connectivity index (χ2v) is 3.18. The van der Waals surface area contributed by atoms with Crippen LogP contribution < -0.4 is 11.1 Å². The number of amides is 1. The fourth-order valence-corrected chi connectivity index (χ4v) is 1.45. The summed E-state index contributed by atoms with van der Waals surface area (Å²) in [6.45, 7) is 0. The van der Waals surface area contributed by atoms with Gasteiger partial charge in [0.2, 0.25) is 5.91 Å². The largest absolute Gasteiger partial charge is 0.369 e. The lowest BCUT2D eigenvalue weighted by Gasteiger charge is -2.10. The molecular formula is C8H7N3OS. The highest BCUT2D eigenvalue weighted by Gasteiger charge is 2.21. The summed E-state index contributed by atoms with van der Waals surface area (Å²) in [6.07, 6.45) is 5.18. The zero-order valence-corrected chi connectivity index (χ0v) is 7.47. The van der Waals surface area contributed by atoms with Gasteiger partial charge in [-0.1, -0.05) is 6.08 Å². The zero-order valence-electron chi connectivity index (χ0n) is 6.65. The monoisotopic (exact) mass is 193 g/mol. The molecule has 0 saturated heterocycles. The summed E-state index contributed by atoms with van der Waals surface area (Å²) in [4.78, 5) is 14.9. The molecule has 4 nitrogen and oxygen atoms in total. The molecule has 13 heavy (non-hydrogen) atoms. The molecule has 5 heteroatoms. The van der Waals surface area contributed by atoms with Crippen molar-refractivity contribution in [2.75, 3.05) is 0 Å². The normalized spacial score (nSPS) is 24.6. The molecule has 0 radical (unpaired) electrons. The van der Waals surface area contributed by atoms with Crippen LogP contribution in [0.3, 0.4) is 0 Å². The number of hydrogen-bond acceptors (Lipinski definition) is 2. The van der Waals surface area contributed by atoms with E-state index >= 15 is 0 Å². The van der Waals surface area contributed by atoms with Crippen LogP contribution in [0.5, 0.6) is 0 Å². The van der Waals surface area contributed by atoms with Gasteiger partial charge in [0, 0.05) is 0 Å². The molecule has 66 valence electrons. The first kappa shape index (κ1) is 8.12. The summed E-state index contributed by atoms with van der Waals surface area (Å²) in [6, 6.07) is 0. The highest BCUT2D eigenvalue weighted by Crippen LogP contribution is 2.16. The predicted molar refractivity (Wildman–Crippen MR) is 53.1 cm³/mol. The molecule has 2 aliphatic rings. The van der Waals surface area contributed by atoms with E-state index < -0.39 is 0 Å². The molecule has 1 aliphatic heterocycles. The van der Waals surface area contributed by atoms with E-state index in [4.69, 9.17) is 18.0 Å². The fraction of sp³-hybridized carbons (Fsp3) is 0.125. The average molecular weight is 193 g/mol. The second kappa shape index (κ2) is 2.77. The summed E-state index contributed by atoms with van der Waals surface area (Å²) in [5, 5.41) is 3.30. The number of carbonyl (C=O) groups is 1. The minimum atomic E-state index is -0.373. The van der Waals surface area contributed by atoms with E-state index in [1.165, 1.54) is 0 Å². The molecule has 0 spiro atoms. The number of allylic oxidation sites excluding steroid dienone is 1. The van der Waals surface area contributed by atoms with Gasteiger partial charge in [0.05, 0.1) is 17.3 Å². The van der Waals surface area contributed by atoms with Gasteiger partial charge in [-0.3, -0.25) is 4.79 Å². The molecule has 0 aromatic carbocycles. The number of nitrogens with two attached hydrogens (primary N) is 1. The predicted octanol–water partition coefficient (Wildman–Crippen LogP) is -0.129. The van der Waals surface area contributed by atoms with Crippen molar-refractivity contribution in [3.63, 3.8) is 0 Å². The number of thiocarbonyl (C=S) groups is 1. The molecule has 2 rings (SSSR count). The molecule has 0 bridgehead atoms. The van der Waals surface area contributed by atoms with Gasteiger partial charge >= 0.3 is 0 Å². The molecule has 0 aromatic rings. The third kappa shape index (κ3) is 1.38. The Morgan fingerprint density at radius 1 is 1.69 bits per heavy atom. The minimum Gasteiger partial charge on any atom is -0.369 e. The number of aliphatic imine (C=N–C) groups is 1. The lowest BCUT2D eigenvalue weighted by Crippen LogP contribution is -2.25. The third-order valence-electron chi connectivity index (χ3n) is 1.88. The van der Waals surface area contributed by atoms with E-state index in [1.54, 1.807) is 18.2 Å². The van der Waals surface area contributed by atoms with Gasteiger partial charge in [-0.2, -0.15) is 0 Å². The smallest absolute Gasteiger partial charge is 0.228 e. The maximum Gasteiger partial charge on any atom is 0.228 e. The van der Waals surface area contributed by atoms with E-state index in [0.29, 0.717) is 5.11 Å². The van der Waals surface area contributed by atoms with Crippen LogP contribution in [0.25, 0.3) is 0 Å². The van der Waals surface area contributed by atoms with E-state index in [2.05, 4.69) is 10.3 Å². The Balaban J connectivity index is 2.32. The standard InChI is InChI=1S/C8H7N3OS/c9-7(12)4-1-2-5-6(3-4)11-8(13)10-5/h1-4H,(H2,9,12)(H,11,13). The highest BCUT2D eigenvalue weighted by atomic mass is 32.1. The summed E-state index contributed by atoms with van der Waals surface area (Å²) < 4.78 is 0. The van der Waals surface area contributed by atoms with Crippen LogP contribution in [0.1, 0.15) is 0 Å². The van der Waals surface area contributed by atoms with Gasteiger partial charge in [-0.25, -0.2) is 4.99 Å². The Hall–Kier alpha value is -1.49. The topological polar surface area (TPSA) is 67.5 Å². The van der Waals surface area contributed by atoms with E-state index in [9.17, 15) is 4.79 Å². The molecule has 3 N–H and O–H groups in total. The van der Waals surface area contributed by atoms with Crippen molar-refractivity contribution in [3.05, 3.63) is 23.9 Å². The fourth-order valence-electron chi connectivity index (χ4n) is 1.24. The molecule has 1 unspecified atom stereocenters. The van der Waals surface area contributed by atoms with Crippen molar-refractivity contribution in [2.24, 2.45) is 16.6 Å². The summed E-state index contributed by atoms with van der Waals surface area (Å²) in [5.41, 5.74) is 6.69. The first-order valence-corrected chi connectivity index (χ1v) is 4.17. The summed E-state index contributed by atoms with van der Waals surface area (Å²) in [7, 11) is 0. The highest BCUT2D eigenvalue weighted by molar-refractivity contribution is 7.80. The number of primary amides is 1. The molecule has 0 fully saturated rings. The number of nitrogens with one attached hydrogen (secondary N) is 1. The number of fused-ring (bicyclic) bond motifs is 1. The lowest BCUT2D eigenvalue weighted by molar-refractivity contribution is -0.119. The van der Waals surface area contributed by atoms with E-state index in [1.807, 2.05) is 0 Å². The van der Waals surface area contributed by atoms with Crippen LogP contribution in [-0.4, -0.2) is 16.7 Å². The van der Waals surface area contributed by atoms with Gasteiger partial charge in [-0.05, 0) is 24.4 Å². The molecule has 0 aromatic heterocycles. The van der Waals surface area contributed by atoms with Crippen molar-refractivity contribution >= 4 is 28.9 Å². The molecule has 1 atom stereocenters. The third-order valence-corrected chi connectivity index (χ3v) is 2.07. The summed E-state index contributed by atoms with van der Waals surface area (Å²) >= 11 is 4.85. The van der Waals surface area contributed by atoms with Crippen LogP contribution in [0, 0.1) is 5.92 Å². The molecule has 0 saturated carbocycles. The Morgan fingerprint density at radius 2 is 2.46 bits per heavy atom. The minimum absolute atomic E-state index is 0.359. The van der Waals surface area contributed by atoms with Crippen LogP contribution in [-0.2, 0) is 4.79 Å². The van der Waals surface area contributed by atoms with Crippen molar-refractivity contribution in [2.45, 2.75) is 0 Å². The van der Waals surface area contributed by atoms with Crippen LogP contribution in [0.2, 0.25) is 0 Å². The Labute approximate surface area is 80.2 Å². The van der Waals surface area contributed by atoms with Gasteiger partial charge in [0.25, 0.3) is 0 Å². The van der Waals surface area contributed by atoms with Crippen molar-refractivity contribution in [1.29, 1.82) is 0 Å². The quantitative estimate of drug-likeness (QED) is 0.570. The molecule has 1 aliphatic carbocycles. The lowest BCUT2D eigenvalue weighted by atomic mass is 10.00. The van der Waals surface area contributed by atoms with Crippen LogP contribution in [0.4, 0.5) is 0 Å². The van der Waals surface area contributed by atoms with E-state index in [-0.39, 0.29) is 11.8 Å². The van der Waals surface area contributed by atoms with E-state index in [0.717, 1.165) is 11.4 Å². The van der Waals surface area contributed by atoms with Gasteiger partial charge < -0.3 is 11.1 Å². The maximum absolute atomic E-state index is 10.9. The first-order chi connectivity index (χ1) is 6.16. The second-order valence-electron chi connectivity index (χ2n) is 2.79. The SMILES string of the molecule is NC(=O)C1C=CC2=NC(=S)NC2=C1. The molecule has 1 heterocycles. The number of carbonyl (C=O) groups excluding carboxylic acids is 1. The number of rotatable bonds is 1. The van der Waals surface area contributed by atoms with Crippen molar-refractivity contribution in [3.8, 4) is 0 Å². The average Bonchev–Trinajstić information content (AvgIpc) is 2.42. The zero-order chi connectivity index (χ0) is 9.42. The van der Waals surface area contributed by atoms with Crippen LogP contribution >= 0.6 is 12.2 Å². The Kier molecular flexibility index (Phi) is 1.73. The number of hydrogen-bond donors (Lipinski definition) is 2. The number of nitrogens with zero attached hydrogens (tertiary/aromatic N) is 1. The van der Waals surface area contributed by atoms with Crippen molar-refractivity contribution < 1.29 is 4.79 Å². The first-order valence-electron chi connectivity index (χ1n) is 3.76. The van der Waals surface area contributed by atoms with Gasteiger partial charge in [-0.15, -0.1) is 0 Å². The maximum atomic E-state index is 10.9. The Bertz CT molecular complexity index is 381. The van der Waals surface area contributed by atoms with Crippen LogP contribution in [0.15, 0.2) is 28.9 Å². The molecule has 1 amide bonds. The van der Waals surface area contributed by atoms with Gasteiger partial charge in [0.1, 0.15) is 0 Å². The van der Waals surface area contributed by atoms with Crippen molar-refractivity contribution in [1.82, 2.24) is 5.32 Å². The summed E-state index contributed by atoms with van der Waals surface area (Å²) in [5.74, 6) is -0.732. The Morgan fingerprint density at radius 3 is 3.15 bits per heavy atom.